The van der Waals surface area contributed by atoms with Gasteiger partial charge in [-0.2, -0.15) is 5.10 Å². The number of amides is 1. The quantitative estimate of drug-likeness (QED) is 0.655. The summed E-state index contributed by atoms with van der Waals surface area (Å²) in [5, 5.41) is 7.36. The van der Waals surface area contributed by atoms with Crippen molar-refractivity contribution in [1.29, 1.82) is 0 Å². The number of aromatic nitrogens is 3. The van der Waals surface area contributed by atoms with Gasteiger partial charge in [0.25, 0.3) is 5.91 Å². The lowest BCUT2D eigenvalue weighted by atomic mass is 10.1. The first-order valence-electron chi connectivity index (χ1n) is 9.32. The van der Waals surface area contributed by atoms with Gasteiger partial charge in [-0.15, -0.1) is 11.3 Å². The molecule has 9 heteroatoms. The fraction of sp³-hybridized carbons (Fsp3) is 0.350. The van der Waals surface area contributed by atoms with E-state index in [1.165, 1.54) is 16.8 Å². The third-order valence-corrected chi connectivity index (χ3v) is 5.78. The number of carbonyl (C=O) groups excluding carboxylic acids is 1. The van der Waals surface area contributed by atoms with Crippen LogP contribution in [-0.2, 0) is 13.6 Å². The number of hydrogen-bond donors (Lipinski definition) is 0. The highest BCUT2D eigenvalue weighted by atomic mass is 32.1. The smallest absolute Gasteiger partial charge is 0.257 e. The summed E-state index contributed by atoms with van der Waals surface area (Å²) >= 11 is 1.63. The molecule has 0 saturated carbocycles. The average molecular weight is 417 g/mol. The van der Waals surface area contributed by atoms with Crippen LogP contribution in [0.2, 0.25) is 0 Å². The van der Waals surface area contributed by atoms with E-state index in [1.807, 2.05) is 6.92 Å². The second-order valence-corrected chi connectivity index (χ2v) is 8.18. The lowest BCUT2D eigenvalue weighted by molar-refractivity contribution is 0.0628. The van der Waals surface area contributed by atoms with Crippen molar-refractivity contribution >= 4 is 17.2 Å². The predicted octanol–water partition coefficient (Wildman–Crippen LogP) is 3.09. The molecule has 1 fully saturated rings. The molecular formula is C20H21F2N5OS. The minimum absolute atomic E-state index is 0.118. The molecule has 1 aromatic carbocycles. The van der Waals surface area contributed by atoms with E-state index in [4.69, 9.17) is 0 Å². The summed E-state index contributed by atoms with van der Waals surface area (Å²) in [4.78, 5) is 21.6. The maximum atomic E-state index is 14.3. The summed E-state index contributed by atoms with van der Waals surface area (Å²) in [5.41, 5.74) is 1.72. The van der Waals surface area contributed by atoms with E-state index in [0.29, 0.717) is 18.7 Å². The molecule has 0 N–H and O–H groups in total. The molecule has 0 aliphatic carbocycles. The van der Waals surface area contributed by atoms with Crippen molar-refractivity contribution in [2.75, 3.05) is 26.2 Å². The van der Waals surface area contributed by atoms with Crippen LogP contribution < -0.4 is 0 Å². The molecule has 0 unspecified atom stereocenters. The Kier molecular flexibility index (Phi) is 5.42. The SMILES string of the molecule is Cc1nc(CN2CCN(C(=O)c3cn(C)nc3-c3ccc(F)cc3F)CC2)cs1. The van der Waals surface area contributed by atoms with Gasteiger partial charge in [0, 0.05) is 63.0 Å². The fourth-order valence-electron chi connectivity index (χ4n) is 3.51. The molecule has 2 aromatic heterocycles. The van der Waals surface area contributed by atoms with E-state index in [9.17, 15) is 13.6 Å². The van der Waals surface area contributed by atoms with Crippen molar-refractivity contribution in [2.24, 2.45) is 7.05 Å². The molecule has 1 aliphatic rings. The van der Waals surface area contributed by atoms with Crippen molar-refractivity contribution in [3.05, 3.63) is 57.7 Å². The van der Waals surface area contributed by atoms with Crippen molar-refractivity contribution in [3.63, 3.8) is 0 Å². The molecule has 1 amide bonds. The summed E-state index contributed by atoms with van der Waals surface area (Å²) in [5.74, 6) is -1.59. The van der Waals surface area contributed by atoms with Gasteiger partial charge >= 0.3 is 0 Å². The van der Waals surface area contributed by atoms with Crippen molar-refractivity contribution in [1.82, 2.24) is 24.6 Å². The molecule has 3 heterocycles. The number of piperazine rings is 1. The highest BCUT2D eigenvalue weighted by molar-refractivity contribution is 7.09. The Morgan fingerprint density at radius 3 is 2.62 bits per heavy atom. The first kappa shape index (κ1) is 19.7. The summed E-state index contributed by atoms with van der Waals surface area (Å²) in [6.45, 7) is 5.38. The lowest BCUT2D eigenvalue weighted by Crippen LogP contribution is -2.48. The van der Waals surface area contributed by atoms with Gasteiger partial charge in [0.1, 0.15) is 17.3 Å². The summed E-state index contributed by atoms with van der Waals surface area (Å²) < 4.78 is 29.0. The number of rotatable bonds is 4. The van der Waals surface area contributed by atoms with Gasteiger partial charge in [0.05, 0.1) is 16.3 Å². The summed E-state index contributed by atoms with van der Waals surface area (Å²) in [6, 6.07) is 3.29. The van der Waals surface area contributed by atoms with Gasteiger partial charge in [-0.25, -0.2) is 13.8 Å². The average Bonchev–Trinajstić information content (AvgIpc) is 3.27. The number of nitrogens with zero attached hydrogens (tertiary/aromatic N) is 5. The van der Waals surface area contributed by atoms with Gasteiger partial charge in [-0.3, -0.25) is 14.4 Å². The van der Waals surface area contributed by atoms with Crippen molar-refractivity contribution in [2.45, 2.75) is 13.5 Å². The number of thiazole rings is 1. The zero-order valence-corrected chi connectivity index (χ0v) is 17.0. The first-order chi connectivity index (χ1) is 13.9. The molecule has 0 bridgehead atoms. The monoisotopic (exact) mass is 417 g/mol. The summed E-state index contributed by atoms with van der Waals surface area (Å²) in [7, 11) is 1.68. The zero-order chi connectivity index (χ0) is 20.5. The van der Waals surface area contributed by atoms with Crippen LogP contribution in [0.1, 0.15) is 21.1 Å². The van der Waals surface area contributed by atoms with Crippen LogP contribution in [0.15, 0.2) is 29.8 Å². The zero-order valence-electron chi connectivity index (χ0n) is 16.2. The van der Waals surface area contributed by atoms with Gasteiger partial charge in [0.15, 0.2) is 0 Å². The van der Waals surface area contributed by atoms with Gasteiger partial charge in [-0.1, -0.05) is 0 Å². The molecule has 1 aliphatic heterocycles. The Morgan fingerprint density at radius 2 is 1.97 bits per heavy atom. The molecule has 4 rings (SSSR count). The van der Waals surface area contributed by atoms with Crippen LogP contribution in [0.5, 0.6) is 0 Å². The van der Waals surface area contributed by atoms with E-state index in [-0.39, 0.29) is 17.2 Å². The maximum absolute atomic E-state index is 14.3. The third-order valence-electron chi connectivity index (χ3n) is 4.96. The number of halogens is 2. The Morgan fingerprint density at radius 1 is 1.21 bits per heavy atom. The van der Waals surface area contributed by atoms with Gasteiger partial charge in [0.2, 0.25) is 0 Å². The second kappa shape index (κ2) is 8.00. The normalized spacial score (nSPS) is 15.1. The van der Waals surface area contributed by atoms with Crippen LogP contribution in [0.3, 0.4) is 0 Å². The van der Waals surface area contributed by atoms with E-state index in [0.717, 1.165) is 36.4 Å². The highest BCUT2D eigenvalue weighted by Gasteiger charge is 2.27. The Labute approximate surface area is 171 Å². The van der Waals surface area contributed by atoms with E-state index >= 15 is 0 Å². The molecule has 0 spiro atoms. The Balaban J connectivity index is 1.48. The van der Waals surface area contributed by atoms with Crippen molar-refractivity contribution in [3.8, 4) is 11.3 Å². The fourth-order valence-corrected chi connectivity index (χ4v) is 4.12. The number of carbonyl (C=O) groups is 1. The third kappa shape index (κ3) is 4.20. The van der Waals surface area contributed by atoms with Crippen LogP contribution in [0.25, 0.3) is 11.3 Å². The number of benzene rings is 1. The molecule has 1 saturated heterocycles. The van der Waals surface area contributed by atoms with Crippen LogP contribution >= 0.6 is 11.3 Å². The molecular weight excluding hydrogens is 396 g/mol. The van der Waals surface area contributed by atoms with Gasteiger partial charge in [-0.05, 0) is 19.1 Å². The predicted molar refractivity (Wildman–Crippen MR) is 107 cm³/mol. The second-order valence-electron chi connectivity index (χ2n) is 7.12. The topological polar surface area (TPSA) is 54.3 Å². The van der Waals surface area contributed by atoms with E-state index in [1.54, 1.807) is 29.5 Å². The number of hydrogen-bond acceptors (Lipinski definition) is 5. The van der Waals surface area contributed by atoms with Crippen LogP contribution in [0.4, 0.5) is 8.78 Å². The molecule has 152 valence electrons. The minimum atomic E-state index is -0.735. The summed E-state index contributed by atoms with van der Waals surface area (Å²) in [6.07, 6.45) is 1.59. The molecule has 0 radical (unpaired) electrons. The minimum Gasteiger partial charge on any atom is -0.336 e. The van der Waals surface area contributed by atoms with Crippen molar-refractivity contribution < 1.29 is 13.6 Å². The van der Waals surface area contributed by atoms with E-state index < -0.39 is 11.6 Å². The maximum Gasteiger partial charge on any atom is 0.257 e. The Hall–Kier alpha value is -2.65. The largest absolute Gasteiger partial charge is 0.336 e. The van der Waals surface area contributed by atoms with Gasteiger partial charge < -0.3 is 4.90 Å². The van der Waals surface area contributed by atoms with E-state index in [2.05, 4.69) is 20.4 Å². The highest BCUT2D eigenvalue weighted by Crippen LogP contribution is 2.27. The Bertz CT molecular complexity index is 1040. The number of aryl methyl sites for hydroxylation is 2. The first-order valence-corrected chi connectivity index (χ1v) is 10.2. The van der Waals surface area contributed by atoms with Crippen LogP contribution in [-0.4, -0.2) is 56.7 Å². The standard InChI is InChI=1S/C20H21F2N5OS/c1-13-23-15(12-29-13)10-26-5-7-27(8-6-26)20(28)17-11-25(2)24-19(17)16-4-3-14(21)9-18(16)22/h3-4,9,11-12H,5-8,10H2,1-2H3. The molecule has 6 nitrogen and oxygen atoms in total. The molecule has 0 atom stereocenters. The lowest BCUT2D eigenvalue weighted by Gasteiger charge is -2.34. The van der Waals surface area contributed by atoms with Crippen LogP contribution in [0, 0.1) is 18.6 Å². The molecule has 29 heavy (non-hydrogen) atoms. The molecule has 3 aromatic rings.